The summed E-state index contributed by atoms with van der Waals surface area (Å²) in [5.74, 6) is -0.248. The molecule has 0 aliphatic rings. The quantitative estimate of drug-likeness (QED) is 0.928. The van der Waals surface area contributed by atoms with Gasteiger partial charge in [0.2, 0.25) is 0 Å². The molecule has 2 aromatic rings. The highest BCUT2D eigenvalue weighted by atomic mass is 35.5. The van der Waals surface area contributed by atoms with Gasteiger partial charge in [0.1, 0.15) is 5.82 Å². The zero-order valence-electron chi connectivity index (χ0n) is 12.1. The molecule has 5 heteroatoms. The highest BCUT2D eigenvalue weighted by Crippen LogP contribution is 2.31. The molecular formula is C15H19ClFN3. The lowest BCUT2D eigenvalue weighted by Gasteiger charge is -2.21. The topological polar surface area (TPSA) is 29.9 Å². The predicted molar refractivity (Wildman–Crippen MR) is 79.7 cm³/mol. The first-order valence-corrected chi connectivity index (χ1v) is 6.99. The fourth-order valence-corrected chi connectivity index (χ4v) is 2.60. The van der Waals surface area contributed by atoms with Crippen LogP contribution >= 0.6 is 11.6 Å². The number of hydrogen-bond donors (Lipinski definition) is 1. The highest BCUT2D eigenvalue weighted by Gasteiger charge is 2.24. The molecule has 0 radical (unpaired) electrons. The van der Waals surface area contributed by atoms with Crippen molar-refractivity contribution >= 4 is 11.6 Å². The van der Waals surface area contributed by atoms with Crippen LogP contribution in [0.5, 0.6) is 0 Å². The van der Waals surface area contributed by atoms with E-state index in [2.05, 4.69) is 10.4 Å². The molecule has 1 aromatic heterocycles. The van der Waals surface area contributed by atoms with Gasteiger partial charge in [-0.1, -0.05) is 29.3 Å². The molecule has 0 fully saturated rings. The molecule has 0 saturated heterocycles. The number of nitrogens with zero attached hydrogens (tertiary/aromatic N) is 2. The van der Waals surface area contributed by atoms with Crippen molar-refractivity contribution in [1.29, 1.82) is 0 Å². The van der Waals surface area contributed by atoms with Crippen molar-refractivity contribution in [2.24, 2.45) is 0 Å². The second kappa shape index (κ2) is 5.94. The third kappa shape index (κ3) is 2.72. The molecule has 1 unspecified atom stereocenters. The zero-order chi connectivity index (χ0) is 14.9. The lowest BCUT2D eigenvalue weighted by atomic mass is 10.0. The van der Waals surface area contributed by atoms with Gasteiger partial charge in [-0.3, -0.25) is 4.68 Å². The Hall–Kier alpha value is -1.39. The van der Waals surface area contributed by atoms with Crippen molar-refractivity contribution < 1.29 is 4.39 Å². The molecule has 0 bridgehead atoms. The third-order valence-corrected chi connectivity index (χ3v) is 3.59. The molecule has 3 nitrogen and oxygen atoms in total. The largest absolute Gasteiger partial charge is 0.308 e. The zero-order valence-corrected chi connectivity index (χ0v) is 12.9. The van der Waals surface area contributed by atoms with E-state index in [9.17, 15) is 4.39 Å². The molecule has 0 saturated carbocycles. The summed E-state index contributed by atoms with van der Waals surface area (Å²) in [7, 11) is 1.79. The first-order valence-electron chi connectivity index (χ1n) is 6.62. The smallest absolute Gasteiger partial charge is 0.128 e. The molecule has 20 heavy (non-hydrogen) atoms. The van der Waals surface area contributed by atoms with Gasteiger partial charge < -0.3 is 5.32 Å². The molecule has 1 atom stereocenters. The monoisotopic (exact) mass is 295 g/mol. The number of halogens is 2. The molecular weight excluding hydrogens is 277 g/mol. The fraction of sp³-hybridized carbons (Fsp3) is 0.400. The highest BCUT2D eigenvalue weighted by molar-refractivity contribution is 6.31. The maximum atomic E-state index is 14.2. The van der Waals surface area contributed by atoms with E-state index in [1.165, 1.54) is 6.07 Å². The van der Waals surface area contributed by atoms with Crippen LogP contribution in [0, 0.1) is 12.7 Å². The van der Waals surface area contributed by atoms with Crippen molar-refractivity contribution in [3.8, 4) is 0 Å². The number of nitrogens with one attached hydrogen (secondary N) is 1. The van der Waals surface area contributed by atoms with Gasteiger partial charge in [-0.2, -0.15) is 5.10 Å². The molecule has 1 N–H and O–H groups in total. The minimum atomic E-state index is -0.327. The minimum absolute atomic E-state index is 0.154. The minimum Gasteiger partial charge on any atom is -0.308 e. The van der Waals surface area contributed by atoms with Gasteiger partial charge in [0.05, 0.1) is 23.0 Å². The number of aromatic nitrogens is 2. The maximum absolute atomic E-state index is 14.2. The van der Waals surface area contributed by atoms with Crippen molar-refractivity contribution in [1.82, 2.24) is 15.1 Å². The van der Waals surface area contributed by atoms with Crippen molar-refractivity contribution in [3.63, 3.8) is 0 Å². The Morgan fingerprint density at radius 2 is 2.05 bits per heavy atom. The summed E-state index contributed by atoms with van der Waals surface area (Å²) in [5.41, 5.74) is 2.37. The van der Waals surface area contributed by atoms with Crippen molar-refractivity contribution in [2.45, 2.75) is 32.9 Å². The Labute approximate surface area is 123 Å². The molecule has 108 valence electrons. The Balaban J connectivity index is 2.58. The average molecular weight is 296 g/mol. The number of aryl methyl sites for hydroxylation is 1. The lowest BCUT2D eigenvalue weighted by Crippen LogP contribution is -2.24. The second-order valence-corrected chi connectivity index (χ2v) is 5.57. The van der Waals surface area contributed by atoms with E-state index in [4.69, 9.17) is 11.6 Å². The Bertz CT molecular complexity index is 607. The van der Waals surface area contributed by atoms with Crippen LogP contribution in [0.15, 0.2) is 24.4 Å². The van der Waals surface area contributed by atoms with Crippen LogP contribution in [0.2, 0.25) is 5.02 Å². The second-order valence-electron chi connectivity index (χ2n) is 5.16. The van der Waals surface area contributed by atoms with E-state index in [0.717, 1.165) is 11.3 Å². The molecule has 1 aromatic carbocycles. The van der Waals surface area contributed by atoms with Gasteiger partial charge in [-0.25, -0.2) is 4.39 Å². The summed E-state index contributed by atoms with van der Waals surface area (Å²) in [6.45, 7) is 5.98. The molecule has 1 heterocycles. The number of benzene rings is 1. The summed E-state index contributed by atoms with van der Waals surface area (Å²) < 4.78 is 16.0. The van der Waals surface area contributed by atoms with E-state index in [1.54, 1.807) is 19.3 Å². The summed E-state index contributed by atoms with van der Waals surface area (Å²) in [6.07, 6.45) is 1.61. The van der Waals surface area contributed by atoms with Gasteiger partial charge >= 0.3 is 0 Å². The lowest BCUT2D eigenvalue weighted by molar-refractivity contribution is 0.476. The molecule has 0 spiro atoms. The van der Waals surface area contributed by atoms with Gasteiger partial charge in [0, 0.05) is 11.6 Å². The van der Waals surface area contributed by atoms with Crippen molar-refractivity contribution in [2.75, 3.05) is 7.05 Å². The summed E-state index contributed by atoms with van der Waals surface area (Å²) >= 11 is 6.26. The summed E-state index contributed by atoms with van der Waals surface area (Å²) in [6, 6.07) is 4.91. The van der Waals surface area contributed by atoms with Gasteiger partial charge in [-0.15, -0.1) is 0 Å². The van der Waals surface area contributed by atoms with Crippen LogP contribution in [0.25, 0.3) is 0 Å². The van der Waals surface area contributed by atoms with Gasteiger partial charge in [0.15, 0.2) is 0 Å². The first-order chi connectivity index (χ1) is 9.45. The Morgan fingerprint density at radius 3 is 2.65 bits per heavy atom. The standard InChI is InChI=1S/C15H19ClFN3/c1-9(2)20-15(12(16)8-19-20)14(18-4)11-7-10(3)5-6-13(11)17/h5-9,14,18H,1-4H3. The molecule has 0 amide bonds. The third-order valence-electron chi connectivity index (χ3n) is 3.30. The van der Waals surface area contributed by atoms with Crippen molar-refractivity contribution in [3.05, 3.63) is 52.1 Å². The number of rotatable bonds is 4. The van der Waals surface area contributed by atoms with Gasteiger partial charge in [-0.05, 0) is 33.9 Å². The summed E-state index contributed by atoms with van der Waals surface area (Å²) in [4.78, 5) is 0. The fourth-order valence-electron chi connectivity index (χ4n) is 2.36. The van der Waals surface area contributed by atoms with Crippen LogP contribution in [0.4, 0.5) is 4.39 Å². The Kier molecular flexibility index (Phi) is 4.45. The number of hydrogen-bond acceptors (Lipinski definition) is 2. The van der Waals surface area contributed by atoms with Crippen LogP contribution in [-0.4, -0.2) is 16.8 Å². The van der Waals surface area contributed by atoms with Crippen LogP contribution in [0.3, 0.4) is 0 Å². The van der Waals surface area contributed by atoms with E-state index in [1.807, 2.05) is 31.5 Å². The van der Waals surface area contributed by atoms with Crippen LogP contribution in [-0.2, 0) is 0 Å². The predicted octanol–water partition coefficient (Wildman–Crippen LogP) is 3.87. The van der Waals surface area contributed by atoms with Gasteiger partial charge in [0.25, 0.3) is 0 Å². The SMILES string of the molecule is CNC(c1cc(C)ccc1F)c1c(Cl)cnn1C(C)C. The van der Waals surface area contributed by atoms with Crippen LogP contribution < -0.4 is 5.32 Å². The Morgan fingerprint density at radius 1 is 1.35 bits per heavy atom. The maximum Gasteiger partial charge on any atom is 0.128 e. The van der Waals surface area contributed by atoms with Crippen LogP contribution in [0.1, 0.15) is 42.8 Å². The average Bonchev–Trinajstić information content (AvgIpc) is 2.77. The molecule has 0 aliphatic heterocycles. The first kappa shape index (κ1) is 15.0. The van der Waals surface area contributed by atoms with E-state index >= 15 is 0 Å². The van der Waals surface area contributed by atoms with E-state index < -0.39 is 0 Å². The molecule has 2 rings (SSSR count). The normalized spacial score (nSPS) is 12.9. The van der Waals surface area contributed by atoms with E-state index in [-0.39, 0.29) is 17.9 Å². The molecule has 0 aliphatic carbocycles. The summed E-state index contributed by atoms with van der Waals surface area (Å²) in [5, 5.41) is 7.96. The van der Waals surface area contributed by atoms with E-state index in [0.29, 0.717) is 10.6 Å².